The van der Waals surface area contributed by atoms with E-state index in [0.29, 0.717) is 42.7 Å². The summed E-state index contributed by atoms with van der Waals surface area (Å²) in [6.45, 7) is 2.74. The van der Waals surface area contributed by atoms with E-state index in [0.717, 1.165) is 5.69 Å². The van der Waals surface area contributed by atoms with Gasteiger partial charge in [0.05, 0.1) is 11.3 Å². The van der Waals surface area contributed by atoms with Gasteiger partial charge in [0.2, 0.25) is 5.91 Å². The number of ketones is 1. The zero-order chi connectivity index (χ0) is 19.4. The lowest BCUT2D eigenvalue weighted by Crippen LogP contribution is -2.38. The normalized spacial score (nSPS) is 14.5. The fourth-order valence-electron chi connectivity index (χ4n) is 3.27. The van der Waals surface area contributed by atoms with Crippen LogP contribution in [0.5, 0.6) is 0 Å². The topological polar surface area (TPSA) is 73.2 Å². The number of hydrogen-bond donors (Lipinski definition) is 1. The Labute approximate surface area is 157 Å². The molecule has 0 radical (unpaired) electrons. The first-order valence-corrected chi connectivity index (χ1v) is 8.84. The Morgan fingerprint density at radius 2 is 1.81 bits per heavy atom. The molecule has 5 nitrogen and oxygen atoms in total. The van der Waals surface area contributed by atoms with Gasteiger partial charge < -0.3 is 10.2 Å². The number of benzene rings is 2. The van der Waals surface area contributed by atoms with Crippen LogP contribution in [-0.4, -0.2) is 24.8 Å². The first kappa shape index (κ1) is 18.6. The van der Waals surface area contributed by atoms with E-state index in [1.165, 1.54) is 31.2 Å². The number of Topliss-reactive ketones (excluding diaryl/α,β-unsaturated/α-hetero) is 1. The Balaban J connectivity index is 1.66. The highest BCUT2D eigenvalue weighted by Crippen LogP contribution is 2.28. The van der Waals surface area contributed by atoms with Gasteiger partial charge in [-0.2, -0.15) is 5.26 Å². The predicted octanol–water partition coefficient (Wildman–Crippen LogP) is 3.76. The summed E-state index contributed by atoms with van der Waals surface area (Å²) in [4.78, 5) is 26.1. The summed E-state index contributed by atoms with van der Waals surface area (Å²) in [7, 11) is 0. The highest BCUT2D eigenvalue weighted by Gasteiger charge is 2.26. The summed E-state index contributed by atoms with van der Waals surface area (Å²) in [5.74, 6) is -0.622. The molecule has 1 N–H and O–H groups in total. The molecular formula is C21H20FN3O2. The van der Waals surface area contributed by atoms with E-state index in [-0.39, 0.29) is 23.4 Å². The van der Waals surface area contributed by atoms with Crippen molar-refractivity contribution in [3.8, 4) is 6.07 Å². The number of carbonyl (C=O) groups is 2. The zero-order valence-electron chi connectivity index (χ0n) is 15.0. The molecule has 27 heavy (non-hydrogen) atoms. The van der Waals surface area contributed by atoms with Gasteiger partial charge >= 0.3 is 0 Å². The number of anilines is 2. The SMILES string of the molecule is CC(=O)c1ccc(C#N)c(N2CCC(C(=O)Nc3ccc(F)cc3)CC2)c1. The number of amides is 1. The molecule has 0 unspecified atom stereocenters. The molecule has 0 aromatic heterocycles. The van der Waals surface area contributed by atoms with Crippen LogP contribution in [-0.2, 0) is 4.79 Å². The summed E-state index contributed by atoms with van der Waals surface area (Å²) < 4.78 is 13.0. The van der Waals surface area contributed by atoms with Crippen molar-refractivity contribution in [3.05, 3.63) is 59.4 Å². The van der Waals surface area contributed by atoms with Crippen molar-refractivity contribution in [2.45, 2.75) is 19.8 Å². The molecule has 0 atom stereocenters. The first-order valence-electron chi connectivity index (χ1n) is 8.84. The van der Waals surface area contributed by atoms with Gasteiger partial charge in [-0.25, -0.2) is 4.39 Å². The predicted molar refractivity (Wildman–Crippen MR) is 101 cm³/mol. The standard InChI is InChI=1S/C21H20FN3O2/c1-14(26)16-2-3-17(13-23)20(12-16)25-10-8-15(9-11-25)21(27)24-19-6-4-18(22)5-7-19/h2-7,12,15H,8-11H2,1H3,(H,24,27). The Kier molecular flexibility index (Phi) is 5.51. The lowest BCUT2D eigenvalue weighted by Gasteiger charge is -2.33. The minimum atomic E-state index is -0.345. The third-order valence-corrected chi connectivity index (χ3v) is 4.84. The summed E-state index contributed by atoms with van der Waals surface area (Å²) in [5.41, 5.74) is 2.40. The molecule has 1 heterocycles. The maximum atomic E-state index is 13.0. The molecule has 1 saturated heterocycles. The number of piperidine rings is 1. The van der Waals surface area contributed by atoms with Crippen molar-refractivity contribution in [1.82, 2.24) is 0 Å². The second kappa shape index (κ2) is 8.00. The monoisotopic (exact) mass is 365 g/mol. The van der Waals surface area contributed by atoms with Crippen LogP contribution in [0.2, 0.25) is 0 Å². The fourth-order valence-corrected chi connectivity index (χ4v) is 3.27. The zero-order valence-corrected chi connectivity index (χ0v) is 15.0. The van der Waals surface area contributed by atoms with E-state index < -0.39 is 0 Å². The Bertz CT molecular complexity index is 895. The van der Waals surface area contributed by atoms with Gasteiger partial charge in [-0.3, -0.25) is 9.59 Å². The highest BCUT2D eigenvalue weighted by molar-refractivity contribution is 5.95. The van der Waals surface area contributed by atoms with Gasteiger partial charge in [-0.15, -0.1) is 0 Å². The molecule has 2 aromatic carbocycles. The van der Waals surface area contributed by atoms with E-state index in [2.05, 4.69) is 11.4 Å². The molecule has 6 heteroatoms. The Hall–Kier alpha value is -3.20. The third-order valence-electron chi connectivity index (χ3n) is 4.84. The number of rotatable bonds is 4. The molecule has 0 saturated carbocycles. The summed E-state index contributed by atoms with van der Waals surface area (Å²) in [5, 5.41) is 12.2. The third kappa shape index (κ3) is 4.32. The van der Waals surface area contributed by atoms with Crippen molar-refractivity contribution >= 4 is 23.1 Å². The van der Waals surface area contributed by atoms with Crippen LogP contribution in [0.15, 0.2) is 42.5 Å². The lowest BCUT2D eigenvalue weighted by atomic mass is 9.94. The number of hydrogen-bond acceptors (Lipinski definition) is 4. The van der Waals surface area contributed by atoms with E-state index in [4.69, 9.17) is 0 Å². The van der Waals surface area contributed by atoms with Crippen LogP contribution in [0.3, 0.4) is 0 Å². The number of nitrogens with one attached hydrogen (secondary N) is 1. The van der Waals surface area contributed by atoms with Gasteiger partial charge in [0, 0.05) is 30.3 Å². The molecule has 3 rings (SSSR count). The molecule has 1 aliphatic heterocycles. The molecule has 0 spiro atoms. The number of nitrogens with zero attached hydrogens (tertiary/aromatic N) is 2. The highest BCUT2D eigenvalue weighted by atomic mass is 19.1. The van der Waals surface area contributed by atoms with Crippen molar-refractivity contribution in [1.29, 1.82) is 5.26 Å². The van der Waals surface area contributed by atoms with Crippen LogP contribution in [0, 0.1) is 23.1 Å². The van der Waals surface area contributed by atoms with E-state index in [9.17, 15) is 19.2 Å². The molecule has 1 aliphatic rings. The van der Waals surface area contributed by atoms with Crippen LogP contribution in [0.25, 0.3) is 0 Å². The summed E-state index contributed by atoms with van der Waals surface area (Å²) in [6.07, 6.45) is 1.28. The number of carbonyl (C=O) groups excluding carboxylic acids is 2. The quantitative estimate of drug-likeness (QED) is 0.838. The summed E-state index contributed by atoms with van der Waals surface area (Å²) in [6, 6.07) is 12.9. The van der Waals surface area contributed by atoms with Crippen molar-refractivity contribution in [2.75, 3.05) is 23.3 Å². The Morgan fingerprint density at radius 3 is 2.41 bits per heavy atom. The molecular weight excluding hydrogens is 345 g/mol. The van der Waals surface area contributed by atoms with Crippen LogP contribution in [0.4, 0.5) is 15.8 Å². The van der Waals surface area contributed by atoms with E-state index in [1.807, 2.05) is 4.90 Å². The lowest BCUT2D eigenvalue weighted by molar-refractivity contribution is -0.120. The van der Waals surface area contributed by atoms with Crippen molar-refractivity contribution in [3.63, 3.8) is 0 Å². The molecule has 0 bridgehead atoms. The number of halogens is 1. The molecule has 138 valence electrons. The minimum Gasteiger partial charge on any atom is -0.370 e. The van der Waals surface area contributed by atoms with Gasteiger partial charge in [-0.1, -0.05) is 0 Å². The average Bonchev–Trinajstić information content (AvgIpc) is 2.69. The maximum Gasteiger partial charge on any atom is 0.227 e. The maximum absolute atomic E-state index is 13.0. The van der Waals surface area contributed by atoms with Crippen LogP contribution in [0.1, 0.15) is 35.7 Å². The molecule has 1 amide bonds. The van der Waals surface area contributed by atoms with Gasteiger partial charge in [0.1, 0.15) is 11.9 Å². The fraction of sp³-hybridized carbons (Fsp3) is 0.286. The molecule has 1 fully saturated rings. The van der Waals surface area contributed by atoms with Crippen molar-refractivity contribution in [2.24, 2.45) is 5.92 Å². The smallest absolute Gasteiger partial charge is 0.227 e. The second-order valence-corrected chi connectivity index (χ2v) is 6.66. The minimum absolute atomic E-state index is 0.0469. The molecule has 2 aromatic rings. The number of nitriles is 1. The van der Waals surface area contributed by atoms with Crippen molar-refractivity contribution < 1.29 is 14.0 Å². The Morgan fingerprint density at radius 1 is 1.15 bits per heavy atom. The van der Waals surface area contributed by atoms with E-state index >= 15 is 0 Å². The van der Waals surface area contributed by atoms with Gasteiger partial charge in [-0.05, 0) is 62.2 Å². The largest absolute Gasteiger partial charge is 0.370 e. The summed E-state index contributed by atoms with van der Waals surface area (Å²) >= 11 is 0. The van der Waals surface area contributed by atoms with Crippen LogP contribution >= 0.6 is 0 Å². The average molecular weight is 365 g/mol. The first-order chi connectivity index (χ1) is 13.0. The van der Waals surface area contributed by atoms with Crippen LogP contribution < -0.4 is 10.2 Å². The van der Waals surface area contributed by atoms with Gasteiger partial charge in [0.15, 0.2) is 5.78 Å². The molecule has 0 aliphatic carbocycles. The second-order valence-electron chi connectivity index (χ2n) is 6.66. The van der Waals surface area contributed by atoms with Gasteiger partial charge in [0.25, 0.3) is 0 Å². The van der Waals surface area contributed by atoms with E-state index in [1.54, 1.807) is 18.2 Å².